The number of carbonyl (C=O) groups excluding carboxylic acids is 2. The topological polar surface area (TPSA) is 140 Å². The molecule has 1 unspecified atom stereocenters. The highest BCUT2D eigenvalue weighted by atomic mass is 32.2. The molecule has 1 amide bonds. The molecule has 2 aromatic carbocycles. The van der Waals surface area contributed by atoms with E-state index in [1.807, 2.05) is 13.8 Å². The van der Waals surface area contributed by atoms with E-state index >= 15 is 0 Å². The van der Waals surface area contributed by atoms with Crippen LogP contribution in [0.4, 0.5) is 5.69 Å². The summed E-state index contributed by atoms with van der Waals surface area (Å²) in [6.45, 7) is 5.75. The van der Waals surface area contributed by atoms with Crippen molar-refractivity contribution in [2.75, 3.05) is 12.0 Å². The minimum absolute atomic E-state index is 0.0674. The van der Waals surface area contributed by atoms with Gasteiger partial charge in [0.25, 0.3) is 11.7 Å². The Morgan fingerprint density at radius 2 is 1.70 bits per heavy atom. The van der Waals surface area contributed by atoms with E-state index in [4.69, 9.17) is 9.88 Å². The minimum Gasteiger partial charge on any atom is -0.507 e. The van der Waals surface area contributed by atoms with Gasteiger partial charge in [-0.05, 0) is 78.1 Å². The lowest BCUT2D eigenvalue weighted by molar-refractivity contribution is -0.132. The van der Waals surface area contributed by atoms with E-state index in [1.165, 1.54) is 41.6 Å². The van der Waals surface area contributed by atoms with Crippen molar-refractivity contribution in [1.82, 2.24) is 4.98 Å². The zero-order valence-corrected chi connectivity index (χ0v) is 21.6. The van der Waals surface area contributed by atoms with Gasteiger partial charge in [0.1, 0.15) is 11.5 Å². The van der Waals surface area contributed by atoms with Gasteiger partial charge in [-0.25, -0.2) is 13.6 Å². The summed E-state index contributed by atoms with van der Waals surface area (Å²) in [5, 5.41) is 16.7. The molecule has 10 heteroatoms. The number of methoxy groups -OCH3 is 1. The van der Waals surface area contributed by atoms with Gasteiger partial charge in [-0.1, -0.05) is 13.8 Å². The highest BCUT2D eigenvalue weighted by molar-refractivity contribution is 7.89. The van der Waals surface area contributed by atoms with E-state index < -0.39 is 27.8 Å². The number of aromatic nitrogens is 1. The first kappa shape index (κ1) is 26.1. The van der Waals surface area contributed by atoms with E-state index in [0.29, 0.717) is 22.4 Å². The Morgan fingerprint density at radius 3 is 2.24 bits per heavy atom. The maximum atomic E-state index is 13.4. The molecule has 0 saturated carbocycles. The van der Waals surface area contributed by atoms with Crippen molar-refractivity contribution >= 4 is 33.2 Å². The van der Waals surface area contributed by atoms with Crippen LogP contribution in [0.1, 0.15) is 48.1 Å². The van der Waals surface area contributed by atoms with Crippen LogP contribution in [-0.4, -0.2) is 37.3 Å². The Labute approximate surface area is 215 Å². The Kier molecular flexibility index (Phi) is 6.90. The number of rotatable bonds is 6. The monoisotopic (exact) mass is 521 g/mol. The number of benzene rings is 2. The number of nitrogens with zero attached hydrogens (tertiary/aromatic N) is 2. The third-order valence-corrected chi connectivity index (χ3v) is 7.29. The molecule has 0 aliphatic carbocycles. The Balaban J connectivity index is 1.95. The fourth-order valence-corrected chi connectivity index (χ4v) is 5.00. The van der Waals surface area contributed by atoms with E-state index in [1.54, 1.807) is 38.3 Å². The SMILES string of the molecule is COc1cc(C)c(/C(O)=C2\C(=O)C(=O)N(c3ccc(S(N)(=O)=O)cc3)C2c2ccncc2)cc1C(C)C. The number of sulfonamides is 1. The molecular weight excluding hydrogens is 494 g/mol. The molecule has 37 heavy (non-hydrogen) atoms. The number of pyridine rings is 1. The number of nitrogens with two attached hydrogens (primary N) is 1. The number of hydrogen-bond acceptors (Lipinski definition) is 7. The summed E-state index contributed by atoms with van der Waals surface area (Å²) in [6.07, 6.45) is 3.05. The van der Waals surface area contributed by atoms with Crippen molar-refractivity contribution in [2.45, 2.75) is 37.6 Å². The molecule has 3 N–H and O–H groups in total. The third-order valence-electron chi connectivity index (χ3n) is 6.36. The van der Waals surface area contributed by atoms with Gasteiger partial charge in [-0.15, -0.1) is 0 Å². The van der Waals surface area contributed by atoms with Gasteiger partial charge in [0.2, 0.25) is 10.0 Å². The zero-order valence-electron chi connectivity index (χ0n) is 20.8. The molecule has 9 nitrogen and oxygen atoms in total. The summed E-state index contributed by atoms with van der Waals surface area (Å²) in [6, 6.07) is 11.2. The number of hydrogen-bond donors (Lipinski definition) is 2. The Bertz CT molecular complexity index is 1510. The number of Topliss-reactive ketones (excluding diaryl/α,β-unsaturated/α-hetero) is 1. The number of ketones is 1. The average Bonchev–Trinajstić information content (AvgIpc) is 3.13. The Morgan fingerprint density at radius 1 is 1.08 bits per heavy atom. The fraction of sp³-hybridized carbons (Fsp3) is 0.222. The molecule has 1 atom stereocenters. The second kappa shape index (κ2) is 9.79. The van der Waals surface area contributed by atoms with E-state index in [2.05, 4.69) is 4.98 Å². The molecule has 1 aliphatic heterocycles. The molecule has 1 fully saturated rings. The largest absolute Gasteiger partial charge is 0.507 e. The van der Waals surface area contributed by atoms with E-state index in [-0.39, 0.29) is 27.8 Å². The molecule has 0 bridgehead atoms. The number of aryl methyl sites for hydroxylation is 1. The van der Waals surface area contributed by atoms with Gasteiger partial charge in [0, 0.05) is 23.6 Å². The average molecular weight is 522 g/mol. The summed E-state index contributed by atoms with van der Waals surface area (Å²) >= 11 is 0. The maximum absolute atomic E-state index is 13.4. The van der Waals surface area contributed by atoms with Crippen LogP contribution in [0.25, 0.3) is 5.76 Å². The number of anilines is 1. The highest BCUT2D eigenvalue weighted by Gasteiger charge is 2.47. The number of ether oxygens (including phenoxy) is 1. The molecule has 192 valence electrons. The Hall–Kier alpha value is -4.02. The second-order valence-corrected chi connectivity index (χ2v) is 10.6. The van der Waals surface area contributed by atoms with Gasteiger partial charge >= 0.3 is 0 Å². The van der Waals surface area contributed by atoms with Crippen molar-refractivity contribution in [3.05, 3.63) is 88.8 Å². The molecule has 1 aromatic heterocycles. The van der Waals surface area contributed by atoms with Crippen LogP contribution in [0.3, 0.4) is 0 Å². The van der Waals surface area contributed by atoms with Crippen molar-refractivity contribution < 1.29 is 27.9 Å². The second-order valence-electron chi connectivity index (χ2n) is 9.05. The van der Waals surface area contributed by atoms with Gasteiger partial charge in [-0.2, -0.15) is 0 Å². The number of primary sulfonamides is 1. The number of amides is 1. The first-order valence-corrected chi connectivity index (χ1v) is 13.0. The van der Waals surface area contributed by atoms with Crippen molar-refractivity contribution in [1.29, 1.82) is 0 Å². The summed E-state index contributed by atoms with van der Waals surface area (Å²) in [5.74, 6) is -1.31. The lowest BCUT2D eigenvalue weighted by atomic mass is 9.91. The summed E-state index contributed by atoms with van der Waals surface area (Å²) in [5.41, 5.74) is 2.63. The lowest BCUT2D eigenvalue weighted by Crippen LogP contribution is -2.29. The quantitative estimate of drug-likeness (QED) is 0.286. The number of aliphatic hydroxyl groups excluding tert-OH is 1. The zero-order chi connectivity index (χ0) is 27.1. The van der Waals surface area contributed by atoms with Crippen molar-refractivity contribution in [2.24, 2.45) is 5.14 Å². The fourth-order valence-electron chi connectivity index (χ4n) is 4.48. The van der Waals surface area contributed by atoms with Crippen LogP contribution in [0.15, 0.2) is 71.4 Å². The van der Waals surface area contributed by atoms with Crippen LogP contribution in [0, 0.1) is 6.92 Å². The van der Waals surface area contributed by atoms with Crippen molar-refractivity contribution in [3.8, 4) is 5.75 Å². The standard InChI is InChI=1S/C27H27N3O6S/c1-15(2)20-14-21(16(3)13-22(20)36-4)25(31)23-24(17-9-11-29-12-10-17)30(27(33)26(23)32)18-5-7-19(8-6-18)37(28,34)35/h5-15,24,31H,1-4H3,(H2,28,34,35)/b25-23+. The summed E-state index contributed by atoms with van der Waals surface area (Å²) < 4.78 is 28.9. The third kappa shape index (κ3) is 4.73. The lowest BCUT2D eigenvalue weighted by Gasteiger charge is -2.25. The molecule has 0 spiro atoms. The molecular formula is C27H27N3O6S. The molecule has 3 aromatic rings. The van der Waals surface area contributed by atoms with Crippen LogP contribution >= 0.6 is 0 Å². The minimum atomic E-state index is -3.95. The van der Waals surface area contributed by atoms with Gasteiger partial charge in [0.15, 0.2) is 0 Å². The first-order valence-electron chi connectivity index (χ1n) is 11.5. The van der Waals surface area contributed by atoms with Crippen LogP contribution in [-0.2, 0) is 19.6 Å². The number of aliphatic hydroxyl groups is 1. The predicted molar refractivity (Wildman–Crippen MR) is 139 cm³/mol. The first-order chi connectivity index (χ1) is 17.5. The van der Waals surface area contributed by atoms with Crippen molar-refractivity contribution in [3.63, 3.8) is 0 Å². The van der Waals surface area contributed by atoms with E-state index in [0.717, 1.165) is 5.56 Å². The van der Waals surface area contributed by atoms with Crippen LogP contribution < -0.4 is 14.8 Å². The highest BCUT2D eigenvalue weighted by Crippen LogP contribution is 2.43. The van der Waals surface area contributed by atoms with Gasteiger partial charge < -0.3 is 9.84 Å². The summed E-state index contributed by atoms with van der Waals surface area (Å²) in [7, 11) is -2.39. The smallest absolute Gasteiger partial charge is 0.300 e. The molecule has 1 aliphatic rings. The molecule has 4 rings (SSSR count). The maximum Gasteiger partial charge on any atom is 0.300 e. The van der Waals surface area contributed by atoms with Gasteiger partial charge in [0.05, 0.1) is 23.6 Å². The van der Waals surface area contributed by atoms with Crippen LogP contribution in [0.5, 0.6) is 5.75 Å². The number of carbonyl (C=O) groups is 2. The predicted octanol–water partition coefficient (Wildman–Crippen LogP) is 3.80. The van der Waals surface area contributed by atoms with Gasteiger partial charge in [-0.3, -0.25) is 19.5 Å². The molecule has 0 radical (unpaired) electrons. The molecule has 1 saturated heterocycles. The van der Waals surface area contributed by atoms with E-state index in [9.17, 15) is 23.1 Å². The van der Waals surface area contributed by atoms with Crippen LogP contribution in [0.2, 0.25) is 0 Å². The normalized spacial score (nSPS) is 17.5. The summed E-state index contributed by atoms with van der Waals surface area (Å²) in [4.78, 5) is 31.9. The molecule has 2 heterocycles.